The number of H-pyrrole nitrogens is 1. The second-order valence-electron chi connectivity index (χ2n) is 4.02. The van der Waals surface area contributed by atoms with Crippen molar-refractivity contribution in [2.24, 2.45) is 0 Å². The van der Waals surface area contributed by atoms with E-state index >= 15 is 0 Å². The number of methoxy groups -OCH3 is 1. The van der Waals surface area contributed by atoms with E-state index in [2.05, 4.69) is 15.5 Å². The summed E-state index contributed by atoms with van der Waals surface area (Å²) in [5.41, 5.74) is 2.45. The Labute approximate surface area is 105 Å². The third kappa shape index (κ3) is 2.95. The third-order valence-corrected chi connectivity index (χ3v) is 2.45. The Morgan fingerprint density at radius 3 is 2.94 bits per heavy atom. The summed E-state index contributed by atoms with van der Waals surface area (Å²) < 4.78 is 5.04. The number of aromatic nitrogens is 2. The summed E-state index contributed by atoms with van der Waals surface area (Å²) >= 11 is 0. The first kappa shape index (κ1) is 12.3. The smallest absolute Gasteiger partial charge is 0.256 e. The SMILES string of the molecule is COCc1cccc(C(=O)Nc2cc(C)[nH]n2)c1. The molecule has 94 valence electrons. The summed E-state index contributed by atoms with van der Waals surface area (Å²) in [6.45, 7) is 2.37. The average molecular weight is 245 g/mol. The van der Waals surface area contributed by atoms with Crippen LogP contribution in [0.3, 0.4) is 0 Å². The lowest BCUT2D eigenvalue weighted by Crippen LogP contribution is -2.12. The number of nitrogens with one attached hydrogen (secondary N) is 2. The number of aryl methyl sites for hydroxylation is 1. The molecule has 0 fully saturated rings. The van der Waals surface area contributed by atoms with E-state index in [-0.39, 0.29) is 5.91 Å². The monoisotopic (exact) mass is 245 g/mol. The van der Waals surface area contributed by atoms with Crippen molar-refractivity contribution in [1.82, 2.24) is 10.2 Å². The highest BCUT2D eigenvalue weighted by Crippen LogP contribution is 2.10. The van der Waals surface area contributed by atoms with Crippen molar-refractivity contribution in [2.45, 2.75) is 13.5 Å². The first-order chi connectivity index (χ1) is 8.69. The van der Waals surface area contributed by atoms with Crippen LogP contribution in [0.4, 0.5) is 5.82 Å². The summed E-state index contributed by atoms with van der Waals surface area (Å²) in [7, 11) is 1.62. The Bertz CT molecular complexity index is 549. The molecule has 2 aromatic rings. The molecule has 1 amide bonds. The lowest BCUT2D eigenvalue weighted by Gasteiger charge is -2.04. The summed E-state index contributed by atoms with van der Waals surface area (Å²) in [6.07, 6.45) is 0. The van der Waals surface area contributed by atoms with Gasteiger partial charge in [0.05, 0.1) is 6.61 Å². The number of amides is 1. The molecule has 2 rings (SSSR count). The van der Waals surface area contributed by atoms with Gasteiger partial charge in [-0.3, -0.25) is 9.89 Å². The molecule has 2 N–H and O–H groups in total. The quantitative estimate of drug-likeness (QED) is 0.867. The van der Waals surface area contributed by atoms with Gasteiger partial charge >= 0.3 is 0 Å². The van der Waals surface area contributed by atoms with Gasteiger partial charge in [-0.2, -0.15) is 5.10 Å². The van der Waals surface area contributed by atoms with E-state index in [0.717, 1.165) is 11.3 Å². The van der Waals surface area contributed by atoms with Gasteiger partial charge in [0.1, 0.15) is 0 Å². The van der Waals surface area contributed by atoms with Crippen LogP contribution in [0.25, 0.3) is 0 Å². The number of nitrogens with zero attached hydrogens (tertiary/aromatic N) is 1. The molecule has 0 spiro atoms. The van der Waals surface area contributed by atoms with Gasteiger partial charge in [0.15, 0.2) is 5.82 Å². The first-order valence-corrected chi connectivity index (χ1v) is 5.60. The molecule has 0 aliphatic heterocycles. The fourth-order valence-corrected chi connectivity index (χ4v) is 1.64. The molecule has 0 aliphatic carbocycles. The van der Waals surface area contributed by atoms with Gasteiger partial charge in [-0.1, -0.05) is 12.1 Å². The Morgan fingerprint density at radius 2 is 2.28 bits per heavy atom. The molecule has 0 bridgehead atoms. The van der Waals surface area contributed by atoms with E-state index < -0.39 is 0 Å². The maximum atomic E-state index is 12.0. The minimum Gasteiger partial charge on any atom is -0.380 e. The van der Waals surface area contributed by atoms with E-state index in [9.17, 15) is 4.79 Å². The highest BCUT2D eigenvalue weighted by molar-refractivity contribution is 6.03. The van der Waals surface area contributed by atoms with E-state index in [0.29, 0.717) is 18.0 Å². The number of rotatable bonds is 4. The number of hydrogen-bond donors (Lipinski definition) is 2. The summed E-state index contributed by atoms with van der Waals surface area (Å²) in [4.78, 5) is 12.0. The molecule has 0 saturated carbocycles. The predicted molar refractivity (Wildman–Crippen MR) is 68.4 cm³/mol. The molecule has 0 atom stereocenters. The Morgan fingerprint density at radius 1 is 1.44 bits per heavy atom. The van der Waals surface area contributed by atoms with Crippen LogP contribution < -0.4 is 5.32 Å². The lowest BCUT2D eigenvalue weighted by atomic mass is 10.1. The minimum atomic E-state index is -0.181. The van der Waals surface area contributed by atoms with Crippen molar-refractivity contribution >= 4 is 11.7 Å². The second kappa shape index (κ2) is 5.46. The molecular formula is C13H15N3O2. The van der Waals surface area contributed by atoms with Crippen molar-refractivity contribution in [2.75, 3.05) is 12.4 Å². The van der Waals surface area contributed by atoms with E-state index in [1.165, 1.54) is 0 Å². The molecule has 0 saturated heterocycles. The molecule has 1 aromatic carbocycles. The van der Waals surface area contributed by atoms with Gasteiger partial charge < -0.3 is 10.1 Å². The standard InChI is InChI=1S/C13H15N3O2/c1-9-6-12(16-15-9)14-13(17)11-5-3-4-10(7-11)8-18-2/h3-7H,8H2,1-2H3,(H2,14,15,16,17). The summed E-state index contributed by atoms with van der Waals surface area (Å²) in [6, 6.07) is 9.08. The predicted octanol–water partition coefficient (Wildman–Crippen LogP) is 2.12. The number of benzene rings is 1. The number of hydrogen-bond acceptors (Lipinski definition) is 3. The molecule has 1 heterocycles. The van der Waals surface area contributed by atoms with Gasteiger partial charge in [0, 0.05) is 24.4 Å². The molecule has 0 unspecified atom stereocenters. The zero-order valence-corrected chi connectivity index (χ0v) is 10.4. The molecule has 18 heavy (non-hydrogen) atoms. The Balaban J connectivity index is 2.11. The maximum absolute atomic E-state index is 12.0. The van der Waals surface area contributed by atoms with Crippen LogP contribution in [-0.2, 0) is 11.3 Å². The molecular weight excluding hydrogens is 230 g/mol. The largest absolute Gasteiger partial charge is 0.380 e. The molecule has 1 aromatic heterocycles. The normalized spacial score (nSPS) is 10.3. The van der Waals surface area contributed by atoms with Crippen LogP contribution in [0.15, 0.2) is 30.3 Å². The Kier molecular flexibility index (Phi) is 3.74. The summed E-state index contributed by atoms with van der Waals surface area (Å²) in [5.74, 6) is 0.342. The number of aromatic amines is 1. The van der Waals surface area contributed by atoms with Gasteiger partial charge in [0.2, 0.25) is 0 Å². The van der Waals surface area contributed by atoms with Crippen LogP contribution in [0.1, 0.15) is 21.6 Å². The fraction of sp³-hybridized carbons (Fsp3) is 0.231. The highest BCUT2D eigenvalue weighted by atomic mass is 16.5. The van der Waals surface area contributed by atoms with Gasteiger partial charge in [0.25, 0.3) is 5.91 Å². The van der Waals surface area contributed by atoms with Crippen molar-refractivity contribution in [3.05, 3.63) is 47.2 Å². The molecule has 5 heteroatoms. The number of ether oxygens (including phenoxy) is 1. The van der Waals surface area contributed by atoms with Crippen LogP contribution in [0.2, 0.25) is 0 Å². The third-order valence-electron chi connectivity index (χ3n) is 2.45. The number of carbonyl (C=O) groups excluding carboxylic acids is 1. The maximum Gasteiger partial charge on any atom is 0.256 e. The topological polar surface area (TPSA) is 67.0 Å². The van der Waals surface area contributed by atoms with Crippen molar-refractivity contribution in [3.63, 3.8) is 0 Å². The fourth-order valence-electron chi connectivity index (χ4n) is 1.64. The Hall–Kier alpha value is -2.14. The number of anilines is 1. The molecule has 5 nitrogen and oxygen atoms in total. The van der Waals surface area contributed by atoms with Crippen molar-refractivity contribution in [3.8, 4) is 0 Å². The van der Waals surface area contributed by atoms with Crippen LogP contribution in [-0.4, -0.2) is 23.2 Å². The van der Waals surface area contributed by atoms with E-state index in [4.69, 9.17) is 4.74 Å². The zero-order valence-electron chi connectivity index (χ0n) is 10.4. The van der Waals surface area contributed by atoms with Crippen LogP contribution in [0.5, 0.6) is 0 Å². The van der Waals surface area contributed by atoms with Crippen LogP contribution >= 0.6 is 0 Å². The van der Waals surface area contributed by atoms with Gasteiger partial charge in [-0.05, 0) is 24.6 Å². The van der Waals surface area contributed by atoms with Crippen molar-refractivity contribution in [1.29, 1.82) is 0 Å². The van der Waals surface area contributed by atoms with E-state index in [1.54, 1.807) is 25.3 Å². The second-order valence-corrected chi connectivity index (χ2v) is 4.02. The lowest BCUT2D eigenvalue weighted by molar-refractivity contribution is 0.102. The minimum absolute atomic E-state index is 0.181. The number of carbonyl (C=O) groups is 1. The molecule has 0 aliphatic rings. The molecule has 0 radical (unpaired) electrons. The van der Waals surface area contributed by atoms with Gasteiger partial charge in [-0.25, -0.2) is 0 Å². The first-order valence-electron chi connectivity index (χ1n) is 5.60. The average Bonchev–Trinajstić information content (AvgIpc) is 2.75. The van der Waals surface area contributed by atoms with Crippen molar-refractivity contribution < 1.29 is 9.53 Å². The van der Waals surface area contributed by atoms with E-state index in [1.807, 2.05) is 19.1 Å². The highest BCUT2D eigenvalue weighted by Gasteiger charge is 2.08. The van der Waals surface area contributed by atoms with Gasteiger partial charge in [-0.15, -0.1) is 0 Å². The summed E-state index contributed by atoms with van der Waals surface area (Å²) in [5, 5.41) is 9.46. The zero-order chi connectivity index (χ0) is 13.0. The van der Waals surface area contributed by atoms with Crippen LogP contribution in [0, 0.1) is 6.92 Å².